The number of methoxy groups -OCH3 is 1. The third kappa shape index (κ3) is 5.11. The predicted molar refractivity (Wildman–Crippen MR) is 85.4 cm³/mol. The molecule has 22 heavy (non-hydrogen) atoms. The maximum absolute atomic E-state index is 12.3. The van der Waals surface area contributed by atoms with Crippen LogP contribution in [0.25, 0.3) is 0 Å². The Kier molecular flexibility index (Phi) is 6.98. The second-order valence-corrected chi connectivity index (χ2v) is 5.33. The summed E-state index contributed by atoms with van der Waals surface area (Å²) in [5, 5.41) is 5.65. The van der Waals surface area contributed by atoms with Gasteiger partial charge in [0.25, 0.3) is 0 Å². The van der Waals surface area contributed by atoms with E-state index in [4.69, 9.17) is 21.1 Å². The molecular weight excluding hydrogens is 308 g/mol. The summed E-state index contributed by atoms with van der Waals surface area (Å²) in [5.41, 5.74) is 0.520. The van der Waals surface area contributed by atoms with Gasteiger partial charge in [-0.3, -0.25) is 4.79 Å². The molecule has 0 fully saturated rings. The van der Waals surface area contributed by atoms with E-state index in [1.54, 1.807) is 25.1 Å². The summed E-state index contributed by atoms with van der Waals surface area (Å²) in [4.78, 5) is 23.8. The smallest absolute Gasteiger partial charge is 0.407 e. The Bertz CT molecular complexity index is 534. The van der Waals surface area contributed by atoms with Gasteiger partial charge in [0.05, 0.1) is 18.7 Å². The fourth-order valence-electron chi connectivity index (χ4n) is 1.80. The van der Waals surface area contributed by atoms with Crippen LogP contribution < -0.4 is 15.4 Å². The summed E-state index contributed by atoms with van der Waals surface area (Å²) in [5.74, 6) is 0.0761. The van der Waals surface area contributed by atoms with Gasteiger partial charge in [-0.1, -0.05) is 25.4 Å². The second kappa shape index (κ2) is 8.48. The molecule has 0 bridgehead atoms. The maximum atomic E-state index is 12.3. The van der Waals surface area contributed by atoms with Gasteiger partial charge in [0, 0.05) is 5.69 Å². The van der Waals surface area contributed by atoms with E-state index >= 15 is 0 Å². The summed E-state index contributed by atoms with van der Waals surface area (Å²) < 4.78 is 9.86. The molecule has 6 nitrogen and oxygen atoms in total. The average Bonchev–Trinajstić information content (AvgIpc) is 2.44. The lowest BCUT2D eigenvalue weighted by Gasteiger charge is -2.21. The van der Waals surface area contributed by atoms with E-state index in [9.17, 15) is 9.59 Å². The van der Waals surface area contributed by atoms with Gasteiger partial charge in [0.1, 0.15) is 11.8 Å². The van der Waals surface area contributed by atoms with Gasteiger partial charge in [-0.25, -0.2) is 4.79 Å². The van der Waals surface area contributed by atoms with Crippen LogP contribution in [0.1, 0.15) is 20.8 Å². The Morgan fingerprint density at radius 3 is 2.50 bits per heavy atom. The number of rotatable bonds is 6. The Hall–Kier alpha value is -1.95. The van der Waals surface area contributed by atoms with Crippen molar-refractivity contribution >= 4 is 29.3 Å². The number of hydrogen-bond donors (Lipinski definition) is 2. The predicted octanol–water partition coefficient (Wildman–Crippen LogP) is 3.06. The van der Waals surface area contributed by atoms with Crippen LogP contribution >= 0.6 is 11.6 Å². The number of ether oxygens (including phenoxy) is 2. The highest BCUT2D eigenvalue weighted by atomic mass is 35.5. The molecule has 1 aromatic carbocycles. The minimum absolute atomic E-state index is 0.0990. The number of benzene rings is 1. The third-order valence-corrected chi connectivity index (χ3v) is 3.21. The van der Waals surface area contributed by atoms with Crippen molar-refractivity contribution in [3.8, 4) is 5.75 Å². The van der Waals surface area contributed by atoms with Crippen LogP contribution in [0.4, 0.5) is 10.5 Å². The number of carbonyl (C=O) groups is 2. The van der Waals surface area contributed by atoms with Crippen molar-refractivity contribution < 1.29 is 19.1 Å². The van der Waals surface area contributed by atoms with Gasteiger partial charge < -0.3 is 20.1 Å². The first-order chi connectivity index (χ1) is 10.4. The number of hydrogen-bond acceptors (Lipinski definition) is 4. The third-order valence-electron chi connectivity index (χ3n) is 2.92. The summed E-state index contributed by atoms with van der Waals surface area (Å²) >= 11 is 6.01. The summed E-state index contributed by atoms with van der Waals surface area (Å²) in [6.07, 6.45) is -0.621. The van der Waals surface area contributed by atoms with E-state index in [1.165, 1.54) is 7.11 Å². The first-order valence-corrected chi connectivity index (χ1v) is 7.34. The van der Waals surface area contributed by atoms with E-state index in [0.29, 0.717) is 16.5 Å². The van der Waals surface area contributed by atoms with Crippen LogP contribution in [-0.2, 0) is 9.53 Å². The zero-order valence-corrected chi connectivity index (χ0v) is 13.9. The Balaban J connectivity index is 2.78. The fraction of sp³-hybridized carbons (Fsp3) is 0.467. The molecule has 1 atom stereocenters. The van der Waals surface area contributed by atoms with Gasteiger partial charge in [-0.15, -0.1) is 0 Å². The molecule has 7 heteroatoms. The number of nitrogens with one attached hydrogen (secondary N) is 2. The summed E-state index contributed by atoms with van der Waals surface area (Å²) in [6.45, 7) is 5.60. The quantitative estimate of drug-likeness (QED) is 0.841. The normalized spacial score (nSPS) is 11.7. The Morgan fingerprint density at radius 2 is 2.00 bits per heavy atom. The topological polar surface area (TPSA) is 76.7 Å². The molecule has 122 valence electrons. The van der Waals surface area contributed by atoms with Gasteiger partial charge >= 0.3 is 6.09 Å². The Labute approximate surface area is 135 Å². The SMILES string of the molecule is CCOC(=O)NC(C(=O)Nc1ccc(OC)c(Cl)c1)C(C)C. The molecule has 1 unspecified atom stereocenters. The molecule has 0 aromatic heterocycles. The van der Waals surface area contributed by atoms with Crippen molar-refractivity contribution in [3.63, 3.8) is 0 Å². The molecule has 0 saturated carbocycles. The lowest BCUT2D eigenvalue weighted by atomic mass is 10.0. The van der Waals surface area contributed by atoms with Crippen molar-refractivity contribution in [2.75, 3.05) is 19.0 Å². The molecule has 0 heterocycles. The molecule has 1 aromatic rings. The summed E-state index contributed by atoms with van der Waals surface area (Å²) in [6, 6.07) is 4.20. The second-order valence-electron chi connectivity index (χ2n) is 4.93. The molecular formula is C15H21ClN2O4. The van der Waals surface area contributed by atoms with Gasteiger partial charge in [0.2, 0.25) is 5.91 Å². The molecule has 2 amide bonds. The largest absolute Gasteiger partial charge is 0.495 e. The van der Waals surface area contributed by atoms with Crippen molar-refractivity contribution in [2.24, 2.45) is 5.92 Å². The highest BCUT2D eigenvalue weighted by Gasteiger charge is 2.25. The molecule has 0 aliphatic carbocycles. The van der Waals surface area contributed by atoms with Crippen LogP contribution in [0.3, 0.4) is 0 Å². The van der Waals surface area contributed by atoms with E-state index in [2.05, 4.69) is 10.6 Å². The number of carbonyl (C=O) groups excluding carboxylic acids is 2. The van der Waals surface area contributed by atoms with E-state index in [-0.39, 0.29) is 18.4 Å². The van der Waals surface area contributed by atoms with Crippen LogP contribution in [0.2, 0.25) is 5.02 Å². The first-order valence-electron chi connectivity index (χ1n) is 6.96. The lowest BCUT2D eigenvalue weighted by molar-refractivity contribution is -0.119. The van der Waals surface area contributed by atoms with E-state index in [0.717, 1.165) is 0 Å². The van der Waals surface area contributed by atoms with Crippen LogP contribution in [0.15, 0.2) is 18.2 Å². The number of amides is 2. The highest BCUT2D eigenvalue weighted by Crippen LogP contribution is 2.27. The minimum atomic E-state index is -0.708. The van der Waals surface area contributed by atoms with Crippen LogP contribution in [0, 0.1) is 5.92 Å². The minimum Gasteiger partial charge on any atom is -0.495 e. The molecule has 1 rings (SSSR count). The Morgan fingerprint density at radius 1 is 1.32 bits per heavy atom. The monoisotopic (exact) mass is 328 g/mol. The zero-order chi connectivity index (χ0) is 16.7. The zero-order valence-electron chi connectivity index (χ0n) is 13.1. The van der Waals surface area contributed by atoms with Crippen LogP contribution in [0.5, 0.6) is 5.75 Å². The molecule has 2 N–H and O–H groups in total. The van der Waals surface area contributed by atoms with Crippen molar-refractivity contribution in [2.45, 2.75) is 26.8 Å². The lowest BCUT2D eigenvalue weighted by Crippen LogP contribution is -2.47. The maximum Gasteiger partial charge on any atom is 0.407 e. The molecule has 0 radical (unpaired) electrons. The number of anilines is 1. The average molecular weight is 329 g/mol. The van der Waals surface area contributed by atoms with Crippen molar-refractivity contribution in [1.29, 1.82) is 0 Å². The molecule has 0 aliphatic rings. The molecule has 0 saturated heterocycles. The van der Waals surface area contributed by atoms with Crippen molar-refractivity contribution in [1.82, 2.24) is 5.32 Å². The molecule has 0 aliphatic heterocycles. The van der Waals surface area contributed by atoms with E-state index in [1.807, 2.05) is 13.8 Å². The van der Waals surface area contributed by atoms with Crippen molar-refractivity contribution in [3.05, 3.63) is 23.2 Å². The number of alkyl carbamates (subject to hydrolysis) is 1. The summed E-state index contributed by atoms with van der Waals surface area (Å²) in [7, 11) is 1.51. The standard InChI is InChI=1S/C15H21ClN2O4/c1-5-22-15(20)18-13(9(2)3)14(19)17-10-6-7-12(21-4)11(16)8-10/h6-9,13H,5H2,1-4H3,(H,17,19)(H,18,20). The fourth-order valence-corrected chi connectivity index (χ4v) is 2.06. The number of halogens is 1. The van der Waals surface area contributed by atoms with E-state index < -0.39 is 12.1 Å². The van der Waals surface area contributed by atoms with Crippen LogP contribution in [-0.4, -0.2) is 31.8 Å². The molecule has 0 spiro atoms. The van der Waals surface area contributed by atoms with Gasteiger partial charge in [-0.2, -0.15) is 0 Å². The highest BCUT2D eigenvalue weighted by molar-refractivity contribution is 6.32. The van der Waals surface area contributed by atoms with Gasteiger partial charge in [-0.05, 0) is 31.0 Å². The first kappa shape index (κ1) is 18.1. The van der Waals surface area contributed by atoms with Gasteiger partial charge in [0.15, 0.2) is 0 Å².